The van der Waals surface area contributed by atoms with E-state index in [1.165, 1.54) is 6.07 Å². The van der Waals surface area contributed by atoms with Crippen molar-refractivity contribution in [2.75, 3.05) is 5.32 Å². The monoisotopic (exact) mass is 447 g/mol. The third-order valence-electron chi connectivity index (χ3n) is 2.95. The third-order valence-corrected chi connectivity index (χ3v) is 4.99. The summed E-state index contributed by atoms with van der Waals surface area (Å²) in [6, 6.07) is 8.54. The molecule has 2 rings (SSSR count). The van der Waals surface area contributed by atoms with Gasteiger partial charge in [-0.1, -0.05) is 12.1 Å². The Morgan fingerprint density at radius 3 is 2.65 bits per heavy atom. The van der Waals surface area contributed by atoms with Crippen LogP contribution in [0.1, 0.15) is 21.5 Å². The van der Waals surface area contributed by atoms with Crippen molar-refractivity contribution in [3.63, 3.8) is 0 Å². The molecule has 0 aliphatic heterocycles. The van der Waals surface area contributed by atoms with Crippen molar-refractivity contribution in [3.05, 3.63) is 60.9 Å². The molecule has 2 aromatic carbocycles. The fourth-order valence-electron chi connectivity index (χ4n) is 1.79. The molecule has 0 aliphatic carbocycles. The number of anilines is 1. The summed E-state index contributed by atoms with van der Waals surface area (Å²) in [5.41, 5.74) is 2.95. The van der Waals surface area contributed by atoms with Crippen molar-refractivity contribution in [3.8, 4) is 0 Å². The molecule has 1 N–H and O–H groups in total. The molecule has 1 amide bonds. The highest BCUT2D eigenvalue weighted by atomic mass is 127. The maximum atomic E-state index is 13.4. The van der Waals surface area contributed by atoms with Gasteiger partial charge in [0.15, 0.2) is 0 Å². The minimum Gasteiger partial charge on any atom is -0.322 e. The number of carbonyl (C=O) groups is 1. The molecule has 0 aliphatic rings. The average molecular weight is 448 g/mol. The van der Waals surface area contributed by atoms with Gasteiger partial charge in [0, 0.05) is 9.26 Å². The van der Waals surface area contributed by atoms with Crippen molar-refractivity contribution in [2.45, 2.75) is 13.8 Å². The zero-order valence-corrected chi connectivity index (χ0v) is 14.7. The molecule has 2 nitrogen and oxygen atoms in total. The Morgan fingerprint density at radius 1 is 1.25 bits per heavy atom. The molecular formula is C15H12BrFINO. The van der Waals surface area contributed by atoms with Crippen LogP contribution in [0.4, 0.5) is 10.1 Å². The SMILES string of the molecule is Cc1cc(F)c(Br)cc1NC(=O)c1cccc(C)c1I. The van der Waals surface area contributed by atoms with Crippen molar-refractivity contribution in [2.24, 2.45) is 0 Å². The molecule has 0 spiro atoms. The Hall–Kier alpha value is -0.950. The molecule has 0 bridgehead atoms. The standard InChI is InChI=1S/C15H12BrFINO/c1-8-4-3-5-10(14(8)18)15(20)19-13-7-11(16)12(17)6-9(13)2/h3-7H,1-2H3,(H,19,20). The summed E-state index contributed by atoms with van der Waals surface area (Å²) < 4.78 is 14.6. The first-order valence-corrected chi connectivity index (χ1v) is 7.79. The first-order chi connectivity index (χ1) is 9.40. The lowest BCUT2D eigenvalue weighted by Gasteiger charge is -2.11. The molecule has 0 aromatic heterocycles. The van der Waals surface area contributed by atoms with Gasteiger partial charge in [-0.05, 0) is 81.7 Å². The number of hydrogen-bond donors (Lipinski definition) is 1. The van der Waals surface area contributed by atoms with Crippen LogP contribution in [0.2, 0.25) is 0 Å². The van der Waals surface area contributed by atoms with E-state index in [0.29, 0.717) is 21.3 Å². The van der Waals surface area contributed by atoms with Crippen LogP contribution in [0, 0.1) is 23.2 Å². The zero-order chi connectivity index (χ0) is 14.9. The van der Waals surface area contributed by atoms with E-state index in [1.54, 1.807) is 19.1 Å². The molecule has 2 aromatic rings. The Balaban J connectivity index is 2.33. The molecule has 0 heterocycles. The van der Waals surface area contributed by atoms with E-state index >= 15 is 0 Å². The van der Waals surface area contributed by atoms with Crippen molar-refractivity contribution >= 4 is 50.1 Å². The topological polar surface area (TPSA) is 29.1 Å². The average Bonchev–Trinajstić information content (AvgIpc) is 2.39. The van der Waals surface area contributed by atoms with Gasteiger partial charge in [0.05, 0.1) is 10.0 Å². The Kier molecular flexibility index (Phi) is 4.80. The lowest BCUT2D eigenvalue weighted by molar-refractivity contribution is 0.102. The van der Waals surface area contributed by atoms with Crippen LogP contribution < -0.4 is 5.32 Å². The molecule has 0 saturated carbocycles. The number of aryl methyl sites for hydroxylation is 2. The molecule has 104 valence electrons. The highest BCUT2D eigenvalue weighted by Gasteiger charge is 2.13. The highest BCUT2D eigenvalue weighted by Crippen LogP contribution is 2.25. The van der Waals surface area contributed by atoms with E-state index in [4.69, 9.17) is 0 Å². The predicted molar refractivity (Wildman–Crippen MR) is 90.7 cm³/mol. The summed E-state index contributed by atoms with van der Waals surface area (Å²) in [6.07, 6.45) is 0. The maximum Gasteiger partial charge on any atom is 0.256 e. The van der Waals surface area contributed by atoms with Gasteiger partial charge in [-0.25, -0.2) is 4.39 Å². The summed E-state index contributed by atoms with van der Waals surface area (Å²) in [4.78, 5) is 12.3. The number of hydrogen-bond acceptors (Lipinski definition) is 1. The van der Waals surface area contributed by atoms with Gasteiger partial charge in [-0.3, -0.25) is 4.79 Å². The highest BCUT2D eigenvalue weighted by molar-refractivity contribution is 14.1. The second kappa shape index (κ2) is 6.22. The van der Waals surface area contributed by atoms with Gasteiger partial charge in [-0.15, -0.1) is 0 Å². The summed E-state index contributed by atoms with van der Waals surface area (Å²) in [7, 11) is 0. The number of rotatable bonds is 2. The predicted octanol–water partition coefficient (Wildman–Crippen LogP) is 5.06. The van der Waals surface area contributed by atoms with E-state index in [0.717, 1.165) is 9.13 Å². The summed E-state index contributed by atoms with van der Waals surface area (Å²) in [6.45, 7) is 3.71. The first kappa shape index (κ1) is 15.4. The minimum atomic E-state index is -0.342. The van der Waals surface area contributed by atoms with Crippen LogP contribution in [-0.4, -0.2) is 5.91 Å². The van der Waals surface area contributed by atoms with E-state index in [9.17, 15) is 9.18 Å². The van der Waals surface area contributed by atoms with E-state index in [2.05, 4.69) is 43.8 Å². The number of halogens is 3. The number of carbonyl (C=O) groups excluding carboxylic acids is 1. The van der Waals surface area contributed by atoms with E-state index in [1.807, 2.05) is 19.1 Å². The summed E-state index contributed by atoms with van der Waals surface area (Å²) >= 11 is 5.28. The van der Waals surface area contributed by atoms with E-state index in [-0.39, 0.29) is 11.7 Å². The first-order valence-electron chi connectivity index (χ1n) is 5.92. The fourth-order valence-corrected chi connectivity index (χ4v) is 2.74. The second-order valence-corrected chi connectivity index (χ2v) is 6.40. The van der Waals surface area contributed by atoms with Crippen molar-refractivity contribution < 1.29 is 9.18 Å². The smallest absolute Gasteiger partial charge is 0.256 e. The molecule has 0 unspecified atom stereocenters. The van der Waals surface area contributed by atoms with Crippen LogP contribution >= 0.6 is 38.5 Å². The normalized spacial score (nSPS) is 10.4. The molecular weight excluding hydrogens is 436 g/mol. The van der Waals surface area contributed by atoms with Gasteiger partial charge < -0.3 is 5.32 Å². The quantitative estimate of drug-likeness (QED) is 0.640. The molecule has 0 saturated heterocycles. The lowest BCUT2D eigenvalue weighted by Crippen LogP contribution is -2.15. The van der Waals surface area contributed by atoms with Crippen molar-refractivity contribution in [1.82, 2.24) is 0 Å². The minimum absolute atomic E-state index is 0.195. The van der Waals surface area contributed by atoms with Gasteiger partial charge in [0.25, 0.3) is 5.91 Å². The second-order valence-electron chi connectivity index (χ2n) is 4.47. The Labute approximate surface area is 139 Å². The summed E-state index contributed by atoms with van der Waals surface area (Å²) in [5, 5.41) is 2.82. The van der Waals surface area contributed by atoms with Gasteiger partial charge in [-0.2, -0.15) is 0 Å². The van der Waals surface area contributed by atoms with Gasteiger partial charge in [0.2, 0.25) is 0 Å². The maximum absolute atomic E-state index is 13.4. The molecule has 0 radical (unpaired) electrons. The van der Waals surface area contributed by atoms with Crippen LogP contribution in [0.25, 0.3) is 0 Å². The van der Waals surface area contributed by atoms with Gasteiger partial charge >= 0.3 is 0 Å². The van der Waals surface area contributed by atoms with Crippen LogP contribution in [0.3, 0.4) is 0 Å². The number of amides is 1. The molecule has 0 atom stereocenters. The largest absolute Gasteiger partial charge is 0.322 e. The van der Waals surface area contributed by atoms with E-state index < -0.39 is 0 Å². The van der Waals surface area contributed by atoms with Crippen molar-refractivity contribution in [1.29, 1.82) is 0 Å². The summed E-state index contributed by atoms with van der Waals surface area (Å²) in [5.74, 6) is -0.537. The zero-order valence-electron chi connectivity index (χ0n) is 10.9. The van der Waals surface area contributed by atoms with Crippen LogP contribution in [0.15, 0.2) is 34.8 Å². The van der Waals surface area contributed by atoms with Crippen LogP contribution in [0.5, 0.6) is 0 Å². The third kappa shape index (κ3) is 3.20. The number of nitrogens with one attached hydrogen (secondary N) is 1. The Bertz CT molecular complexity index is 688. The molecule has 20 heavy (non-hydrogen) atoms. The van der Waals surface area contributed by atoms with Crippen LogP contribution in [-0.2, 0) is 0 Å². The fraction of sp³-hybridized carbons (Fsp3) is 0.133. The lowest BCUT2D eigenvalue weighted by atomic mass is 10.1. The molecule has 5 heteroatoms. The Morgan fingerprint density at radius 2 is 1.95 bits per heavy atom. The van der Waals surface area contributed by atoms with Gasteiger partial charge in [0.1, 0.15) is 5.82 Å². The number of benzene rings is 2. The molecule has 0 fully saturated rings.